The van der Waals surface area contributed by atoms with Crippen molar-refractivity contribution in [1.82, 2.24) is 24.6 Å². The number of anilines is 1. The largest absolute Gasteiger partial charge is 0.367 e. The molecular weight excluding hydrogens is 512 g/mol. The summed E-state index contributed by atoms with van der Waals surface area (Å²) in [4.78, 5) is 27.2. The molecule has 1 aliphatic heterocycles. The predicted molar refractivity (Wildman–Crippen MR) is 160 cm³/mol. The molecule has 1 saturated heterocycles. The van der Waals surface area contributed by atoms with Crippen LogP contribution in [-0.4, -0.2) is 63.3 Å². The molecule has 2 aromatic heterocycles. The molecule has 0 N–H and O–H groups in total. The summed E-state index contributed by atoms with van der Waals surface area (Å²) in [6.45, 7) is 7.18. The lowest BCUT2D eigenvalue weighted by Crippen LogP contribution is -2.50. The first-order chi connectivity index (χ1) is 20.0. The normalized spacial score (nSPS) is 13.6. The lowest BCUT2D eigenvalue weighted by Gasteiger charge is -2.35. The highest BCUT2D eigenvalue weighted by Crippen LogP contribution is 2.30. The zero-order valence-corrected chi connectivity index (χ0v) is 23.5. The number of benzene rings is 3. The van der Waals surface area contributed by atoms with Crippen LogP contribution in [0.1, 0.15) is 28.2 Å². The monoisotopic (exact) mass is 546 g/mol. The molecule has 0 aliphatic carbocycles. The second-order valence-corrected chi connectivity index (χ2v) is 10.5. The molecule has 1 fully saturated rings. The summed E-state index contributed by atoms with van der Waals surface area (Å²) in [7, 11) is 0. The van der Waals surface area contributed by atoms with Crippen LogP contribution in [0.3, 0.4) is 0 Å². The van der Waals surface area contributed by atoms with Gasteiger partial charge in [-0.05, 0) is 37.1 Å². The van der Waals surface area contributed by atoms with E-state index in [9.17, 15) is 4.79 Å². The Hall–Kier alpha value is -4.56. The molecule has 8 nitrogen and oxygen atoms in total. The van der Waals surface area contributed by atoms with Gasteiger partial charge in [0, 0.05) is 32.6 Å². The summed E-state index contributed by atoms with van der Waals surface area (Å²) < 4.78 is 7.62. The van der Waals surface area contributed by atoms with E-state index in [4.69, 9.17) is 19.8 Å². The Kier molecular flexibility index (Phi) is 7.73. The highest BCUT2D eigenvalue weighted by Gasteiger charge is 2.26. The number of piperazine rings is 1. The number of hydrogen-bond donors (Lipinski definition) is 0. The molecule has 0 saturated carbocycles. The van der Waals surface area contributed by atoms with Gasteiger partial charge in [-0.3, -0.25) is 4.79 Å². The zero-order chi connectivity index (χ0) is 28.2. The van der Waals surface area contributed by atoms with Gasteiger partial charge in [0.25, 0.3) is 0 Å². The summed E-state index contributed by atoms with van der Waals surface area (Å²) in [5.74, 6) is 1.65. The number of aromatic nitrogens is 4. The minimum Gasteiger partial charge on any atom is -0.367 e. The number of ether oxygens (including phenoxy) is 1. The van der Waals surface area contributed by atoms with Gasteiger partial charge < -0.3 is 14.5 Å². The molecule has 0 atom stereocenters. The molecule has 0 radical (unpaired) electrons. The average molecular weight is 547 g/mol. The molecule has 0 bridgehead atoms. The second kappa shape index (κ2) is 11.9. The number of rotatable bonds is 8. The van der Waals surface area contributed by atoms with E-state index in [1.807, 2.05) is 77.2 Å². The van der Waals surface area contributed by atoms with E-state index in [1.165, 1.54) is 5.56 Å². The van der Waals surface area contributed by atoms with Crippen LogP contribution >= 0.6 is 0 Å². The average Bonchev–Trinajstić information content (AvgIpc) is 3.35. The predicted octanol–water partition coefficient (Wildman–Crippen LogP) is 4.89. The van der Waals surface area contributed by atoms with Crippen molar-refractivity contribution in [2.24, 2.45) is 0 Å². The van der Waals surface area contributed by atoms with Crippen molar-refractivity contribution in [3.8, 4) is 5.69 Å². The van der Waals surface area contributed by atoms with Crippen molar-refractivity contribution in [1.29, 1.82) is 0 Å². The summed E-state index contributed by atoms with van der Waals surface area (Å²) >= 11 is 0. The van der Waals surface area contributed by atoms with Crippen LogP contribution in [0, 0.1) is 13.8 Å². The Morgan fingerprint density at radius 2 is 1.49 bits per heavy atom. The molecule has 208 valence electrons. The number of amides is 1. The zero-order valence-electron chi connectivity index (χ0n) is 23.5. The molecular formula is C33H34N6O2. The number of para-hydroxylation sites is 1. The van der Waals surface area contributed by atoms with Gasteiger partial charge in [0.05, 0.1) is 23.4 Å². The number of aryl methyl sites for hydroxylation is 2. The summed E-state index contributed by atoms with van der Waals surface area (Å²) in [5.41, 5.74) is 6.09. The fourth-order valence-electron chi connectivity index (χ4n) is 5.24. The number of carbonyl (C=O) groups excluding carboxylic acids is 1. The highest BCUT2D eigenvalue weighted by molar-refractivity contribution is 5.91. The minimum atomic E-state index is 0.0153. The maximum atomic E-state index is 12.9. The molecule has 41 heavy (non-hydrogen) atoms. The molecule has 3 heterocycles. The smallest absolute Gasteiger partial charge is 0.248 e. The van der Waals surface area contributed by atoms with E-state index in [2.05, 4.69) is 36.1 Å². The highest BCUT2D eigenvalue weighted by atomic mass is 16.5. The molecule has 1 aliphatic rings. The van der Waals surface area contributed by atoms with Gasteiger partial charge in [0.15, 0.2) is 5.65 Å². The minimum absolute atomic E-state index is 0.0153. The standard InChI is InChI=1S/C33H34N6O2/c1-24-13-15-26(16-14-24)21-29-34-32(31-25(2)36-39(33(31)35-29)28-11-7-4-8-12-28)38-19-17-37(18-20-38)30(40)23-41-22-27-9-5-3-6-10-27/h3-16H,17-23H2,1-2H3. The third kappa shape index (κ3) is 5.98. The molecule has 0 unspecified atom stereocenters. The quantitative estimate of drug-likeness (QED) is 0.276. The van der Waals surface area contributed by atoms with Crippen LogP contribution < -0.4 is 4.90 Å². The lowest BCUT2D eigenvalue weighted by molar-refractivity contribution is -0.136. The first kappa shape index (κ1) is 26.7. The van der Waals surface area contributed by atoms with Crippen LogP contribution in [0.4, 0.5) is 5.82 Å². The molecule has 0 spiro atoms. The first-order valence-corrected chi connectivity index (χ1v) is 14.1. The van der Waals surface area contributed by atoms with Gasteiger partial charge in [-0.15, -0.1) is 0 Å². The third-order valence-electron chi connectivity index (χ3n) is 7.48. The van der Waals surface area contributed by atoms with E-state index in [0.717, 1.165) is 45.2 Å². The maximum absolute atomic E-state index is 12.9. The number of carbonyl (C=O) groups is 1. The van der Waals surface area contributed by atoms with E-state index < -0.39 is 0 Å². The third-order valence-corrected chi connectivity index (χ3v) is 7.48. The van der Waals surface area contributed by atoms with Crippen LogP contribution in [0.2, 0.25) is 0 Å². The molecule has 8 heteroatoms. The molecule has 3 aromatic carbocycles. The Balaban J connectivity index is 1.24. The van der Waals surface area contributed by atoms with Crippen LogP contribution in [-0.2, 0) is 22.6 Å². The van der Waals surface area contributed by atoms with Crippen LogP contribution in [0.15, 0.2) is 84.9 Å². The molecule has 5 aromatic rings. The summed E-state index contributed by atoms with van der Waals surface area (Å²) in [6, 6.07) is 28.5. The fraction of sp³-hybridized carbons (Fsp3) is 0.273. The van der Waals surface area contributed by atoms with Gasteiger partial charge in [-0.2, -0.15) is 5.10 Å². The summed E-state index contributed by atoms with van der Waals surface area (Å²) in [5, 5.41) is 5.83. The van der Waals surface area contributed by atoms with E-state index >= 15 is 0 Å². The van der Waals surface area contributed by atoms with Gasteiger partial charge in [0.2, 0.25) is 5.91 Å². The Labute approximate surface area is 240 Å². The van der Waals surface area contributed by atoms with Crippen LogP contribution in [0.25, 0.3) is 16.7 Å². The SMILES string of the molecule is Cc1ccc(Cc2nc(N3CCN(C(=O)COCc4ccccc4)CC3)c3c(C)nn(-c4ccccc4)c3n2)cc1. The van der Waals surface area contributed by atoms with Gasteiger partial charge in [-0.25, -0.2) is 14.6 Å². The van der Waals surface area contributed by atoms with Gasteiger partial charge in [0.1, 0.15) is 18.2 Å². The molecule has 6 rings (SSSR count). The Bertz CT molecular complexity index is 1630. The first-order valence-electron chi connectivity index (χ1n) is 14.1. The molecule has 1 amide bonds. The topological polar surface area (TPSA) is 76.4 Å². The van der Waals surface area contributed by atoms with E-state index in [0.29, 0.717) is 39.2 Å². The number of nitrogens with zero attached hydrogens (tertiary/aromatic N) is 6. The number of hydrogen-bond acceptors (Lipinski definition) is 6. The van der Waals surface area contributed by atoms with E-state index in [-0.39, 0.29) is 12.5 Å². The number of fused-ring (bicyclic) bond motifs is 1. The van der Waals surface area contributed by atoms with Crippen molar-refractivity contribution in [3.05, 3.63) is 113 Å². The Morgan fingerprint density at radius 3 is 2.20 bits per heavy atom. The lowest BCUT2D eigenvalue weighted by atomic mass is 10.1. The van der Waals surface area contributed by atoms with Crippen molar-refractivity contribution in [2.75, 3.05) is 37.7 Å². The Morgan fingerprint density at radius 1 is 0.805 bits per heavy atom. The van der Waals surface area contributed by atoms with E-state index in [1.54, 1.807) is 0 Å². The summed E-state index contributed by atoms with van der Waals surface area (Å²) in [6.07, 6.45) is 0.624. The van der Waals surface area contributed by atoms with Crippen molar-refractivity contribution in [3.63, 3.8) is 0 Å². The fourth-order valence-corrected chi connectivity index (χ4v) is 5.24. The van der Waals surface area contributed by atoms with Crippen molar-refractivity contribution < 1.29 is 9.53 Å². The van der Waals surface area contributed by atoms with Crippen molar-refractivity contribution in [2.45, 2.75) is 26.9 Å². The second-order valence-electron chi connectivity index (χ2n) is 10.5. The van der Waals surface area contributed by atoms with Crippen LogP contribution in [0.5, 0.6) is 0 Å². The van der Waals surface area contributed by atoms with Crippen molar-refractivity contribution >= 4 is 22.8 Å². The maximum Gasteiger partial charge on any atom is 0.248 e. The van der Waals surface area contributed by atoms with Gasteiger partial charge >= 0.3 is 0 Å². The van der Waals surface area contributed by atoms with Gasteiger partial charge in [-0.1, -0.05) is 78.4 Å².